The van der Waals surface area contributed by atoms with E-state index in [9.17, 15) is 9.59 Å². The van der Waals surface area contributed by atoms with Crippen LogP contribution in [0, 0.1) is 20.8 Å². The molecule has 6 heteroatoms. The first-order chi connectivity index (χ1) is 12.8. The molecule has 0 aliphatic rings. The highest BCUT2D eigenvalue weighted by molar-refractivity contribution is 7.99. The smallest absolute Gasteiger partial charge is 0.278 e. The molecule has 1 amide bonds. The van der Waals surface area contributed by atoms with Crippen molar-refractivity contribution >= 4 is 29.3 Å². The van der Waals surface area contributed by atoms with Gasteiger partial charge in [0.15, 0.2) is 0 Å². The van der Waals surface area contributed by atoms with E-state index in [-0.39, 0.29) is 11.8 Å². The molecule has 0 saturated heterocycles. The Bertz CT molecular complexity index is 990. The molecule has 1 aromatic heterocycles. The molecule has 2 aromatic carbocycles. The Kier molecular flexibility index (Phi) is 5.46. The number of carbonyl (C=O) groups excluding carboxylic acids is 2. The minimum Gasteiger partial charge on any atom is -0.326 e. The minimum atomic E-state index is -0.194. The Morgan fingerprint density at radius 3 is 2.19 bits per heavy atom. The number of hydrogen-bond donors (Lipinski definition) is 1. The van der Waals surface area contributed by atoms with Crippen molar-refractivity contribution in [2.45, 2.75) is 37.5 Å². The van der Waals surface area contributed by atoms with Gasteiger partial charge in [0.05, 0.1) is 16.3 Å². The summed E-state index contributed by atoms with van der Waals surface area (Å²) in [5, 5.41) is 7.14. The third-order valence-corrected chi connectivity index (χ3v) is 5.41. The highest BCUT2D eigenvalue weighted by atomic mass is 32.2. The van der Waals surface area contributed by atoms with Crippen molar-refractivity contribution in [3.05, 3.63) is 71.0 Å². The van der Waals surface area contributed by atoms with Crippen molar-refractivity contribution in [3.8, 4) is 0 Å². The highest BCUT2D eigenvalue weighted by Crippen LogP contribution is 2.33. The maximum atomic E-state index is 12.9. The zero-order valence-corrected chi connectivity index (χ0v) is 16.6. The van der Waals surface area contributed by atoms with E-state index >= 15 is 0 Å². The minimum absolute atomic E-state index is 0.148. The SMILES string of the molecule is CC(=O)Nc1ccc(C(=O)n2nc(C)c(Sc3ccc(C)cc3)c2C)cc1. The fourth-order valence-corrected chi connectivity index (χ4v) is 3.65. The van der Waals surface area contributed by atoms with Gasteiger partial charge in [-0.1, -0.05) is 29.5 Å². The van der Waals surface area contributed by atoms with Crippen LogP contribution in [0.25, 0.3) is 0 Å². The second-order valence-corrected chi connectivity index (χ2v) is 7.47. The van der Waals surface area contributed by atoms with Crippen molar-refractivity contribution in [1.82, 2.24) is 9.78 Å². The maximum absolute atomic E-state index is 12.9. The first-order valence-corrected chi connectivity index (χ1v) is 9.40. The number of nitrogens with one attached hydrogen (secondary N) is 1. The summed E-state index contributed by atoms with van der Waals surface area (Å²) in [5.41, 5.74) is 4.02. The van der Waals surface area contributed by atoms with Gasteiger partial charge in [0.2, 0.25) is 5.91 Å². The van der Waals surface area contributed by atoms with Gasteiger partial charge in [0, 0.05) is 23.1 Å². The van der Waals surface area contributed by atoms with Gasteiger partial charge in [-0.05, 0) is 57.2 Å². The van der Waals surface area contributed by atoms with E-state index in [4.69, 9.17) is 0 Å². The van der Waals surface area contributed by atoms with Crippen LogP contribution in [0.15, 0.2) is 58.3 Å². The van der Waals surface area contributed by atoms with Crippen LogP contribution in [-0.4, -0.2) is 21.6 Å². The topological polar surface area (TPSA) is 64.0 Å². The van der Waals surface area contributed by atoms with E-state index in [1.807, 2.05) is 13.8 Å². The number of hydrogen-bond acceptors (Lipinski definition) is 4. The molecule has 0 fully saturated rings. The van der Waals surface area contributed by atoms with Crippen LogP contribution in [-0.2, 0) is 4.79 Å². The van der Waals surface area contributed by atoms with Crippen LogP contribution in [0.2, 0.25) is 0 Å². The first kappa shape index (κ1) is 18.9. The molecule has 27 heavy (non-hydrogen) atoms. The van der Waals surface area contributed by atoms with E-state index in [2.05, 4.69) is 41.6 Å². The van der Waals surface area contributed by atoms with E-state index in [1.165, 1.54) is 17.2 Å². The molecule has 138 valence electrons. The van der Waals surface area contributed by atoms with Crippen LogP contribution in [0.4, 0.5) is 5.69 Å². The Morgan fingerprint density at radius 1 is 0.963 bits per heavy atom. The predicted molar refractivity (Wildman–Crippen MR) is 107 cm³/mol. The third-order valence-electron chi connectivity index (χ3n) is 4.11. The summed E-state index contributed by atoms with van der Waals surface area (Å²) < 4.78 is 1.44. The molecule has 0 radical (unpaired) electrons. The molecule has 0 saturated carbocycles. The molecule has 1 heterocycles. The molecule has 0 atom stereocenters. The molecule has 5 nitrogen and oxygen atoms in total. The number of benzene rings is 2. The van der Waals surface area contributed by atoms with Gasteiger partial charge in [-0.2, -0.15) is 9.78 Å². The molecular weight excluding hydrogens is 358 g/mol. The average molecular weight is 379 g/mol. The van der Waals surface area contributed by atoms with Gasteiger partial charge in [-0.25, -0.2) is 0 Å². The Hall–Kier alpha value is -2.86. The highest BCUT2D eigenvalue weighted by Gasteiger charge is 2.19. The maximum Gasteiger partial charge on any atom is 0.278 e. The van der Waals surface area contributed by atoms with Crippen molar-refractivity contribution in [1.29, 1.82) is 0 Å². The number of aromatic nitrogens is 2. The second kappa shape index (κ2) is 7.80. The van der Waals surface area contributed by atoms with Gasteiger partial charge in [-0.3, -0.25) is 9.59 Å². The van der Waals surface area contributed by atoms with Crippen LogP contribution in [0.1, 0.15) is 34.2 Å². The molecule has 3 rings (SSSR count). The summed E-state index contributed by atoms with van der Waals surface area (Å²) in [6.07, 6.45) is 0. The molecule has 1 N–H and O–H groups in total. The molecule has 0 aliphatic heterocycles. The summed E-state index contributed by atoms with van der Waals surface area (Å²) in [6, 6.07) is 15.1. The number of rotatable bonds is 4. The normalized spacial score (nSPS) is 10.7. The number of carbonyl (C=O) groups is 2. The van der Waals surface area contributed by atoms with Gasteiger partial charge in [0.1, 0.15) is 0 Å². The largest absolute Gasteiger partial charge is 0.326 e. The van der Waals surface area contributed by atoms with Crippen LogP contribution in [0.5, 0.6) is 0 Å². The van der Waals surface area contributed by atoms with Crippen molar-refractivity contribution in [2.75, 3.05) is 5.32 Å². The number of anilines is 1. The summed E-state index contributed by atoms with van der Waals surface area (Å²) in [5.74, 6) is -0.342. The molecule has 0 bridgehead atoms. The van der Waals surface area contributed by atoms with Gasteiger partial charge in [0.25, 0.3) is 5.91 Å². The van der Waals surface area contributed by atoms with Gasteiger partial charge < -0.3 is 5.32 Å². The zero-order chi connectivity index (χ0) is 19.6. The van der Waals surface area contributed by atoms with Gasteiger partial charge >= 0.3 is 0 Å². The monoisotopic (exact) mass is 379 g/mol. The van der Waals surface area contributed by atoms with Crippen LogP contribution < -0.4 is 5.32 Å². The van der Waals surface area contributed by atoms with Crippen molar-refractivity contribution in [3.63, 3.8) is 0 Å². The third kappa shape index (κ3) is 4.28. The molecular formula is C21H21N3O2S. The van der Waals surface area contributed by atoms with Gasteiger partial charge in [-0.15, -0.1) is 0 Å². The Balaban J connectivity index is 1.85. The second-order valence-electron chi connectivity index (χ2n) is 6.39. The standard InChI is InChI=1S/C21H21N3O2S/c1-13-5-11-19(12-6-13)27-20-14(2)23-24(15(20)3)21(26)17-7-9-18(10-8-17)22-16(4)25/h5-12H,1-4H3,(H,22,25). The number of aryl methyl sites for hydroxylation is 2. The summed E-state index contributed by atoms with van der Waals surface area (Å²) in [6.45, 7) is 7.31. The Morgan fingerprint density at radius 2 is 1.59 bits per heavy atom. The van der Waals surface area contributed by atoms with Crippen LogP contribution in [0.3, 0.4) is 0 Å². The lowest BCUT2D eigenvalue weighted by Crippen LogP contribution is -2.15. The first-order valence-electron chi connectivity index (χ1n) is 8.58. The van der Waals surface area contributed by atoms with Crippen molar-refractivity contribution in [2.24, 2.45) is 0 Å². The quantitative estimate of drug-likeness (QED) is 0.719. The van der Waals surface area contributed by atoms with E-state index < -0.39 is 0 Å². The Labute approximate surface area is 162 Å². The molecule has 3 aromatic rings. The predicted octanol–water partition coefficient (Wildman–Crippen LogP) is 4.61. The van der Waals surface area contributed by atoms with Crippen LogP contribution >= 0.6 is 11.8 Å². The summed E-state index contributed by atoms with van der Waals surface area (Å²) in [4.78, 5) is 26.1. The molecule has 0 aliphatic carbocycles. The lowest BCUT2D eigenvalue weighted by atomic mass is 10.2. The lowest BCUT2D eigenvalue weighted by Gasteiger charge is -2.06. The lowest BCUT2D eigenvalue weighted by molar-refractivity contribution is -0.114. The number of nitrogens with zero attached hydrogens (tertiary/aromatic N) is 2. The fraction of sp³-hybridized carbons (Fsp3) is 0.190. The molecule has 0 spiro atoms. The van der Waals surface area contributed by atoms with E-state index in [1.54, 1.807) is 36.0 Å². The zero-order valence-electron chi connectivity index (χ0n) is 15.7. The summed E-state index contributed by atoms with van der Waals surface area (Å²) in [7, 11) is 0. The number of amides is 1. The van der Waals surface area contributed by atoms with E-state index in [0.717, 1.165) is 21.2 Å². The fourth-order valence-electron chi connectivity index (χ4n) is 2.72. The molecule has 0 unspecified atom stereocenters. The summed E-state index contributed by atoms with van der Waals surface area (Å²) >= 11 is 1.61. The van der Waals surface area contributed by atoms with Crippen molar-refractivity contribution < 1.29 is 9.59 Å². The van der Waals surface area contributed by atoms with E-state index in [0.29, 0.717) is 11.3 Å². The average Bonchev–Trinajstić information content (AvgIpc) is 2.91.